The van der Waals surface area contributed by atoms with Crippen LogP contribution >= 0.6 is 0 Å². The van der Waals surface area contributed by atoms with E-state index in [1.807, 2.05) is 0 Å². The van der Waals surface area contributed by atoms with Crippen LogP contribution in [0.1, 0.15) is 50.7 Å². The molecule has 1 fully saturated rings. The average Bonchev–Trinajstić information content (AvgIpc) is 2.66. The third-order valence-corrected chi connectivity index (χ3v) is 6.08. The largest absolute Gasteiger partial charge is 0.481 e. The van der Waals surface area contributed by atoms with Gasteiger partial charge in [0.2, 0.25) is 0 Å². The number of rotatable bonds is 5. The normalized spacial score (nSPS) is 23.3. The molecule has 6 nitrogen and oxygen atoms in total. The predicted octanol–water partition coefficient (Wildman–Crippen LogP) is 2.77. The SMILES string of the molecule is CC(C)(CNC(=O)NC1CCC(C(=O)O)CC1)N1CCc2ccccc2C1. The van der Waals surface area contributed by atoms with Crippen LogP contribution in [0.5, 0.6) is 0 Å². The highest BCUT2D eigenvalue weighted by molar-refractivity contribution is 5.74. The van der Waals surface area contributed by atoms with Gasteiger partial charge in [-0.2, -0.15) is 0 Å². The van der Waals surface area contributed by atoms with E-state index in [1.54, 1.807) is 0 Å². The monoisotopic (exact) mass is 373 g/mol. The van der Waals surface area contributed by atoms with Crippen molar-refractivity contribution in [3.8, 4) is 0 Å². The minimum absolute atomic E-state index is 0.0746. The Morgan fingerprint density at radius 1 is 1.15 bits per heavy atom. The summed E-state index contributed by atoms with van der Waals surface area (Å²) in [6.45, 7) is 6.81. The molecule has 1 aromatic carbocycles. The van der Waals surface area contributed by atoms with Crippen LogP contribution < -0.4 is 10.6 Å². The fourth-order valence-corrected chi connectivity index (χ4v) is 4.14. The number of carbonyl (C=O) groups excluding carboxylic acids is 1. The molecule has 0 atom stereocenters. The number of carboxylic acids is 1. The van der Waals surface area contributed by atoms with Gasteiger partial charge >= 0.3 is 12.0 Å². The van der Waals surface area contributed by atoms with Gasteiger partial charge in [-0.3, -0.25) is 9.69 Å². The molecule has 6 heteroatoms. The van der Waals surface area contributed by atoms with Gasteiger partial charge in [0.05, 0.1) is 5.92 Å². The summed E-state index contributed by atoms with van der Waals surface area (Å²) in [4.78, 5) is 25.7. The molecule has 0 radical (unpaired) electrons. The zero-order valence-electron chi connectivity index (χ0n) is 16.3. The van der Waals surface area contributed by atoms with E-state index in [9.17, 15) is 9.59 Å². The van der Waals surface area contributed by atoms with Gasteiger partial charge in [0.1, 0.15) is 0 Å². The third kappa shape index (κ3) is 5.01. The Balaban J connectivity index is 1.45. The molecular formula is C21H31N3O3. The van der Waals surface area contributed by atoms with Crippen LogP contribution in [0, 0.1) is 5.92 Å². The van der Waals surface area contributed by atoms with Gasteiger partial charge in [-0.1, -0.05) is 24.3 Å². The number of hydrogen-bond donors (Lipinski definition) is 3. The van der Waals surface area contributed by atoms with Crippen molar-refractivity contribution < 1.29 is 14.7 Å². The number of carbonyl (C=O) groups is 2. The van der Waals surface area contributed by atoms with E-state index < -0.39 is 5.97 Å². The van der Waals surface area contributed by atoms with Crippen LogP contribution in [0.25, 0.3) is 0 Å². The van der Waals surface area contributed by atoms with Crippen molar-refractivity contribution in [2.75, 3.05) is 13.1 Å². The standard InChI is InChI=1S/C21H31N3O3/c1-21(2,24-12-11-15-5-3-4-6-17(15)13-24)14-22-20(27)23-18-9-7-16(8-10-18)19(25)26/h3-6,16,18H,7-14H2,1-2H3,(H,25,26)(H2,22,23,27). The lowest BCUT2D eigenvalue weighted by atomic mass is 9.86. The molecule has 2 amide bonds. The van der Waals surface area contributed by atoms with Crippen molar-refractivity contribution in [3.63, 3.8) is 0 Å². The summed E-state index contributed by atoms with van der Waals surface area (Å²) >= 11 is 0. The Hall–Kier alpha value is -2.08. The summed E-state index contributed by atoms with van der Waals surface area (Å²) in [6, 6.07) is 8.48. The van der Waals surface area contributed by atoms with Crippen LogP contribution in [-0.2, 0) is 17.8 Å². The number of benzene rings is 1. The molecule has 0 spiro atoms. The first-order valence-electron chi connectivity index (χ1n) is 9.94. The van der Waals surface area contributed by atoms with Gasteiger partial charge in [0.25, 0.3) is 0 Å². The number of nitrogens with zero attached hydrogens (tertiary/aromatic N) is 1. The molecule has 148 valence electrons. The van der Waals surface area contributed by atoms with Gasteiger partial charge < -0.3 is 15.7 Å². The highest BCUT2D eigenvalue weighted by atomic mass is 16.4. The molecule has 0 aromatic heterocycles. The molecule has 0 bridgehead atoms. The van der Waals surface area contributed by atoms with Crippen molar-refractivity contribution in [2.45, 2.75) is 64.1 Å². The maximum absolute atomic E-state index is 12.3. The minimum Gasteiger partial charge on any atom is -0.481 e. The van der Waals surface area contributed by atoms with Crippen LogP contribution in [0.2, 0.25) is 0 Å². The average molecular weight is 373 g/mol. The number of aliphatic carboxylic acids is 1. The summed E-state index contributed by atoms with van der Waals surface area (Å²) in [7, 11) is 0. The topological polar surface area (TPSA) is 81.7 Å². The van der Waals surface area contributed by atoms with Crippen molar-refractivity contribution >= 4 is 12.0 Å². The summed E-state index contributed by atoms with van der Waals surface area (Å²) in [5, 5.41) is 15.1. The van der Waals surface area contributed by atoms with Gasteiger partial charge in [-0.25, -0.2) is 4.79 Å². The minimum atomic E-state index is -0.720. The number of fused-ring (bicyclic) bond motifs is 1. The smallest absolute Gasteiger partial charge is 0.315 e. The Bertz CT molecular complexity index is 681. The lowest BCUT2D eigenvalue weighted by Gasteiger charge is -2.41. The van der Waals surface area contributed by atoms with Crippen LogP contribution in [0.15, 0.2) is 24.3 Å². The zero-order chi connectivity index (χ0) is 19.4. The van der Waals surface area contributed by atoms with E-state index in [1.165, 1.54) is 11.1 Å². The van der Waals surface area contributed by atoms with Crippen LogP contribution in [0.3, 0.4) is 0 Å². The number of amides is 2. The summed E-state index contributed by atoms with van der Waals surface area (Å²) in [5.41, 5.74) is 2.66. The second kappa shape index (κ2) is 8.30. The number of carboxylic acid groups (broad SMARTS) is 1. The predicted molar refractivity (Wildman–Crippen MR) is 105 cm³/mol. The molecule has 3 rings (SSSR count). The molecule has 1 saturated carbocycles. The highest BCUT2D eigenvalue weighted by Crippen LogP contribution is 2.26. The first kappa shape index (κ1) is 19.7. The van der Waals surface area contributed by atoms with E-state index in [4.69, 9.17) is 5.11 Å². The van der Waals surface area contributed by atoms with E-state index >= 15 is 0 Å². The summed E-state index contributed by atoms with van der Waals surface area (Å²) in [6.07, 6.45) is 3.78. The molecule has 0 unspecified atom stereocenters. The molecule has 1 aliphatic heterocycles. The quantitative estimate of drug-likeness (QED) is 0.741. The van der Waals surface area contributed by atoms with E-state index in [0.29, 0.717) is 19.4 Å². The van der Waals surface area contributed by atoms with Crippen molar-refractivity contribution in [1.82, 2.24) is 15.5 Å². The number of hydrogen-bond acceptors (Lipinski definition) is 3. The molecule has 1 heterocycles. The van der Waals surface area contributed by atoms with E-state index in [0.717, 1.165) is 32.4 Å². The van der Waals surface area contributed by atoms with E-state index in [2.05, 4.69) is 53.6 Å². The summed E-state index contributed by atoms with van der Waals surface area (Å²) < 4.78 is 0. The molecule has 0 saturated heterocycles. The second-order valence-electron chi connectivity index (χ2n) is 8.47. The number of urea groups is 1. The molecule has 1 aromatic rings. The Morgan fingerprint density at radius 3 is 2.48 bits per heavy atom. The van der Waals surface area contributed by atoms with Gasteiger partial charge in [0.15, 0.2) is 0 Å². The van der Waals surface area contributed by atoms with Crippen LogP contribution in [-0.4, -0.2) is 46.7 Å². The lowest BCUT2D eigenvalue weighted by Crippen LogP contribution is -2.55. The maximum atomic E-state index is 12.3. The molecule has 1 aliphatic carbocycles. The van der Waals surface area contributed by atoms with Gasteiger partial charge in [-0.15, -0.1) is 0 Å². The highest BCUT2D eigenvalue weighted by Gasteiger charge is 2.31. The van der Waals surface area contributed by atoms with Gasteiger partial charge in [-0.05, 0) is 57.1 Å². The Labute approximate surface area is 161 Å². The number of nitrogens with one attached hydrogen (secondary N) is 2. The molecule has 27 heavy (non-hydrogen) atoms. The second-order valence-corrected chi connectivity index (χ2v) is 8.47. The lowest BCUT2D eigenvalue weighted by molar-refractivity contribution is -0.142. The Kier molecular flexibility index (Phi) is 6.05. The Morgan fingerprint density at radius 2 is 1.81 bits per heavy atom. The molecular weight excluding hydrogens is 342 g/mol. The fourth-order valence-electron chi connectivity index (χ4n) is 4.14. The van der Waals surface area contributed by atoms with Crippen molar-refractivity contribution in [2.24, 2.45) is 5.92 Å². The van der Waals surface area contributed by atoms with Gasteiger partial charge in [0, 0.05) is 31.2 Å². The van der Waals surface area contributed by atoms with Crippen LogP contribution in [0.4, 0.5) is 4.79 Å². The van der Waals surface area contributed by atoms with Crippen molar-refractivity contribution in [3.05, 3.63) is 35.4 Å². The zero-order valence-corrected chi connectivity index (χ0v) is 16.3. The molecule has 3 N–H and O–H groups in total. The summed E-state index contributed by atoms with van der Waals surface area (Å²) in [5.74, 6) is -0.977. The third-order valence-electron chi connectivity index (χ3n) is 6.08. The fraction of sp³-hybridized carbons (Fsp3) is 0.619. The maximum Gasteiger partial charge on any atom is 0.315 e. The van der Waals surface area contributed by atoms with E-state index in [-0.39, 0.29) is 23.5 Å². The first-order valence-corrected chi connectivity index (χ1v) is 9.94. The first-order chi connectivity index (χ1) is 12.8. The molecule has 2 aliphatic rings. The van der Waals surface area contributed by atoms with Crippen molar-refractivity contribution in [1.29, 1.82) is 0 Å².